The number of benzene rings is 2. The molecule has 2 N–H and O–H groups in total. The SMILES string of the molecule is CCOC(=O)c1c(NC(=O)C(=O)NN=Cc2cccc(OC(=O)c3ccccc3[N+](=O)[O-])c2)sc2c1CCCCC2. The number of hydrogen-bond donors (Lipinski definition) is 2. The second kappa shape index (κ2) is 13.4. The highest BCUT2D eigenvalue weighted by Gasteiger charge is 2.28. The predicted octanol–water partition coefficient (Wildman–Crippen LogP) is 4.41. The molecular formula is C28H26N4O8S. The Bertz CT molecular complexity index is 1530. The Morgan fingerprint density at radius 2 is 1.80 bits per heavy atom. The van der Waals surface area contributed by atoms with E-state index in [4.69, 9.17) is 9.47 Å². The van der Waals surface area contributed by atoms with Gasteiger partial charge in [0.1, 0.15) is 16.3 Å². The molecule has 1 heterocycles. The van der Waals surface area contributed by atoms with Crippen LogP contribution in [0.3, 0.4) is 0 Å². The van der Waals surface area contributed by atoms with Gasteiger partial charge in [-0.25, -0.2) is 15.0 Å². The first-order valence-corrected chi connectivity index (χ1v) is 13.6. The van der Waals surface area contributed by atoms with Crippen LogP contribution in [0.1, 0.15) is 62.9 Å². The minimum Gasteiger partial charge on any atom is -0.462 e. The number of hydrazone groups is 1. The lowest BCUT2D eigenvalue weighted by atomic mass is 10.1. The van der Waals surface area contributed by atoms with Crippen molar-refractivity contribution in [3.63, 3.8) is 0 Å². The molecule has 0 fully saturated rings. The van der Waals surface area contributed by atoms with Gasteiger partial charge in [0.25, 0.3) is 5.69 Å². The molecular weight excluding hydrogens is 552 g/mol. The van der Waals surface area contributed by atoms with E-state index in [0.717, 1.165) is 36.1 Å². The van der Waals surface area contributed by atoms with Gasteiger partial charge in [-0.2, -0.15) is 5.10 Å². The van der Waals surface area contributed by atoms with Crippen LogP contribution < -0.4 is 15.5 Å². The molecule has 0 saturated carbocycles. The number of esters is 2. The summed E-state index contributed by atoms with van der Waals surface area (Å²) in [5.41, 5.74) is 3.10. The molecule has 0 spiro atoms. The number of thiophene rings is 1. The molecule has 1 aliphatic rings. The van der Waals surface area contributed by atoms with Crippen molar-refractivity contribution >= 4 is 52.0 Å². The highest BCUT2D eigenvalue weighted by molar-refractivity contribution is 7.17. The summed E-state index contributed by atoms with van der Waals surface area (Å²) in [6, 6.07) is 11.5. The second-order valence-electron chi connectivity index (χ2n) is 8.88. The molecule has 0 unspecified atom stereocenters. The normalized spacial score (nSPS) is 12.6. The quantitative estimate of drug-likeness (QED) is 0.0754. The maximum atomic E-state index is 12.7. The standard InChI is InChI=1S/C28H26N4O8S/c1-2-39-28(36)23-20-12-4-3-5-14-22(20)41-26(23)30-24(33)25(34)31-29-16-17-9-8-10-18(15-17)40-27(35)19-11-6-7-13-21(19)32(37)38/h6-11,13,15-16H,2-5,12,14H2,1H3,(H,30,33)(H,31,34). The Morgan fingerprint density at radius 1 is 1.02 bits per heavy atom. The third-order valence-corrected chi connectivity index (χ3v) is 7.31. The minimum absolute atomic E-state index is 0.0881. The van der Waals surface area contributed by atoms with Crippen LogP contribution >= 0.6 is 11.3 Å². The summed E-state index contributed by atoms with van der Waals surface area (Å²) >= 11 is 1.27. The fourth-order valence-electron chi connectivity index (χ4n) is 4.25. The molecule has 0 saturated heterocycles. The summed E-state index contributed by atoms with van der Waals surface area (Å²) < 4.78 is 10.5. The lowest BCUT2D eigenvalue weighted by Crippen LogP contribution is -2.32. The van der Waals surface area contributed by atoms with E-state index in [0.29, 0.717) is 17.5 Å². The monoisotopic (exact) mass is 578 g/mol. The Balaban J connectivity index is 1.40. The van der Waals surface area contributed by atoms with Gasteiger partial charge in [0.15, 0.2) is 0 Å². The Kier molecular flexibility index (Phi) is 9.53. The van der Waals surface area contributed by atoms with Crippen LogP contribution in [0.4, 0.5) is 10.7 Å². The van der Waals surface area contributed by atoms with Crippen molar-refractivity contribution in [3.05, 3.63) is 85.8 Å². The van der Waals surface area contributed by atoms with Gasteiger partial charge in [0.05, 0.1) is 23.3 Å². The minimum atomic E-state index is -1.06. The molecule has 212 valence electrons. The molecule has 2 aromatic carbocycles. The number of anilines is 1. The summed E-state index contributed by atoms with van der Waals surface area (Å²) in [6.07, 6.45) is 5.66. The highest BCUT2D eigenvalue weighted by atomic mass is 32.1. The Hall–Kier alpha value is -4.91. The lowest BCUT2D eigenvalue weighted by Gasteiger charge is -2.08. The molecule has 0 aliphatic heterocycles. The first-order chi connectivity index (χ1) is 19.8. The average Bonchev–Trinajstić information content (AvgIpc) is 3.13. The molecule has 2 amide bonds. The molecule has 0 bridgehead atoms. The van der Waals surface area contributed by atoms with Crippen LogP contribution in [-0.2, 0) is 27.2 Å². The zero-order chi connectivity index (χ0) is 29.4. The second-order valence-corrected chi connectivity index (χ2v) is 9.98. The number of aryl methyl sites for hydroxylation is 1. The van der Waals surface area contributed by atoms with Gasteiger partial charge in [-0.3, -0.25) is 19.7 Å². The van der Waals surface area contributed by atoms with E-state index in [1.165, 1.54) is 53.9 Å². The zero-order valence-electron chi connectivity index (χ0n) is 22.0. The highest BCUT2D eigenvalue weighted by Crippen LogP contribution is 2.38. The van der Waals surface area contributed by atoms with Crippen molar-refractivity contribution in [2.45, 2.75) is 39.0 Å². The largest absolute Gasteiger partial charge is 0.462 e. The third-order valence-electron chi connectivity index (χ3n) is 6.10. The maximum Gasteiger partial charge on any atom is 0.350 e. The lowest BCUT2D eigenvalue weighted by molar-refractivity contribution is -0.385. The molecule has 3 aromatic rings. The van der Waals surface area contributed by atoms with Crippen LogP contribution in [0.5, 0.6) is 5.75 Å². The van der Waals surface area contributed by atoms with Crippen LogP contribution in [0.25, 0.3) is 0 Å². The summed E-state index contributed by atoms with van der Waals surface area (Å²) in [6.45, 7) is 1.88. The van der Waals surface area contributed by atoms with E-state index < -0.39 is 28.7 Å². The number of nitrogens with zero attached hydrogens (tertiary/aromatic N) is 2. The number of carbonyl (C=O) groups is 4. The molecule has 4 rings (SSSR count). The van der Waals surface area contributed by atoms with E-state index in [1.807, 2.05) is 0 Å². The number of nitrogens with one attached hydrogen (secondary N) is 2. The summed E-state index contributed by atoms with van der Waals surface area (Å²) in [4.78, 5) is 61.7. The molecule has 1 aromatic heterocycles. The maximum absolute atomic E-state index is 12.7. The fraction of sp³-hybridized carbons (Fsp3) is 0.250. The van der Waals surface area contributed by atoms with E-state index >= 15 is 0 Å². The summed E-state index contributed by atoms with van der Waals surface area (Å²) in [5.74, 6) is -3.42. The fourth-order valence-corrected chi connectivity index (χ4v) is 5.52. The zero-order valence-corrected chi connectivity index (χ0v) is 22.8. The van der Waals surface area contributed by atoms with E-state index in [9.17, 15) is 29.3 Å². The molecule has 41 heavy (non-hydrogen) atoms. The number of rotatable bonds is 8. The number of nitro groups is 1. The van der Waals surface area contributed by atoms with Gasteiger partial charge in [-0.1, -0.05) is 30.7 Å². The smallest absolute Gasteiger partial charge is 0.350 e. The van der Waals surface area contributed by atoms with Crippen LogP contribution in [-0.4, -0.2) is 41.5 Å². The molecule has 1 aliphatic carbocycles. The van der Waals surface area contributed by atoms with Gasteiger partial charge >= 0.3 is 23.8 Å². The average molecular weight is 579 g/mol. The van der Waals surface area contributed by atoms with Crippen molar-refractivity contribution in [2.75, 3.05) is 11.9 Å². The van der Waals surface area contributed by atoms with Crippen molar-refractivity contribution in [1.82, 2.24) is 5.43 Å². The van der Waals surface area contributed by atoms with E-state index in [2.05, 4.69) is 15.8 Å². The number of amides is 2. The van der Waals surface area contributed by atoms with Crippen molar-refractivity contribution in [3.8, 4) is 5.75 Å². The predicted molar refractivity (Wildman–Crippen MR) is 150 cm³/mol. The number of fused-ring (bicyclic) bond motifs is 1. The number of nitro benzene ring substituents is 1. The molecule has 0 atom stereocenters. The topological polar surface area (TPSA) is 166 Å². The van der Waals surface area contributed by atoms with E-state index in [-0.39, 0.29) is 28.6 Å². The first kappa shape index (κ1) is 29.1. The molecule has 13 heteroatoms. The van der Waals surface area contributed by atoms with E-state index in [1.54, 1.807) is 19.1 Å². The number of carbonyl (C=O) groups excluding carboxylic acids is 4. The van der Waals surface area contributed by atoms with Crippen LogP contribution in [0.2, 0.25) is 0 Å². The van der Waals surface area contributed by atoms with Crippen LogP contribution in [0.15, 0.2) is 53.6 Å². The van der Waals surface area contributed by atoms with Gasteiger partial charge in [0, 0.05) is 10.9 Å². The number of ether oxygens (including phenoxy) is 2. The first-order valence-electron chi connectivity index (χ1n) is 12.8. The van der Waals surface area contributed by atoms with Gasteiger partial charge < -0.3 is 14.8 Å². The Labute approximate surface area is 238 Å². The third kappa shape index (κ3) is 7.19. The Morgan fingerprint density at radius 3 is 2.59 bits per heavy atom. The van der Waals surface area contributed by atoms with Crippen molar-refractivity contribution in [2.24, 2.45) is 5.10 Å². The number of para-hydroxylation sites is 1. The van der Waals surface area contributed by atoms with Gasteiger partial charge in [-0.15, -0.1) is 11.3 Å². The molecule has 0 radical (unpaired) electrons. The summed E-state index contributed by atoms with van der Waals surface area (Å²) in [7, 11) is 0. The van der Waals surface area contributed by atoms with Gasteiger partial charge in [0.2, 0.25) is 0 Å². The molecule has 12 nitrogen and oxygen atoms in total. The van der Waals surface area contributed by atoms with Gasteiger partial charge in [-0.05, 0) is 61.9 Å². The van der Waals surface area contributed by atoms with Crippen molar-refractivity contribution in [1.29, 1.82) is 0 Å². The van der Waals surface area contributed by atoms with Crippen molar-refractivity contribution < 1.29 is 33.6 Å². The van der Waals surface area contributed by atoms with Crippen LogP contribution in [0, 0.1) is 10.1 Å². The number of hydrogen-bond acceptors (Lipinski definition) is 10. The summed E-state index contributed by atoms with van der Waals surface area (Å²) in [5, 5.41) is 17.8.